The van der Waals surface area contributed by atoms with Gasteiger partial charge >= 0.3 is 0 Å². The maximum absolute atomic E-state index is 4.34. The summed E-state index contributed by atoms with van der Waals surface area (Å²) in [7, 11) is 0. The van der Waals surface area contributed by atoms with Gasteiger partial charge in [0.25, 0.3) is 0 Å². The summed E-state index contributed by atoms with van der Waals surface area (Å²) in [5.41, 5.74) is 14.6. The van der Waals surface area contributed by atoms with Gasteiger partial charge in [0.15, 0.2) is 0 Å². The molecule has 32 heavy (non-hydrogen) atoms. The van der Waals surface area contributed by atoms with Crippen LogP contribution in [-0.4, -0.2) is 0 Å². The first kappa shape index (κ1) is 24.3. The molecule has 1 aliphatic carbocycles. The van der Waals surface area contributed by atoms with Crippen LogP contribution in [0.2, 0.25) is 0 Å². The largest absolute Gasteiger partial charge is 0.0999 e. The molecule has 3 rings (SSSR count). The van der Waals surface area contributed by atoms with E-state index in [4.69, 9.17) is 0 Å². The average molecular weight is 427 g/mol. The summed E-state index contributed by atoms with van der Waals surface area (Å²) in [6.45, 7) is 15.6. The summed E-state index contributed by atoms with van der Waals surface area (Å²) < 4.78 is 0. The number of fused-ring (bicyclic) bond motifs is 1. The van der Waals surface area contributed by atoms with Gasteiger partial charge in [-0.05, 0) is 105 Å². The van der Waals surface area contributed by atoms with Crippen LogP contribution in [0.4, 0.5) is 0 Å². The standard InChI is InChI=1S/C32H42/c1-7-9-12-23(3)13-10-14-28(11-8-2)32-30(27-17-15-24(4)16-18-27)20-19-29-26(6)21-25(5)22-31(29)32/h14-18,21-22H,3,7-13,19-20H2,1-2,4-6H3/b28-14+. The van der Waals surface area contributed by atoms with Gasteiger partial charge in [-0.2, -0.15) is 0 Å². The smallest absolute Gasteiger partial charge is 0.0114 e. The van der Waals surface area contributed by atoms with Crippen LogP contribution in [0, 0.1) is 20.8 Å². The second-order valence-electron chi connectivity index (χ2n) is 9.70. The van der Waals surface area contributed by atoms with Gasteiger partial charge in [-0.25, -0.2) is 0 Å². The Morgan fingerprint density at radius 3 is 2.31 bits per heavy atom. The summed E-state index contributed by atoms with van der Waals surface area (Å²) in [6, 6.07) is 14.0. The molecule has 0 amide bonds. The van der Waals surface area contributed by atoms with Crippen LogP contribution in [0.1, 0.15) is 98.6 Å². The number of hydrogen-bond acceptors (Lipinski definition) is 0. The normalized spacial score (nSPS) is 14.0. The van der Waals surface area contributed by atoms with Gasteiger partial charge < -0.3 is 0 Å². The molecule has 0 heterocycles. The van der Waals surface area contributed by atoms with Crippen LogP contribution < -0.4 is 0 Å². The van der Waals surface area contributed by atoms with E-state index >= 15 is 0 Å². The van der Waals surface area contributed by atoms with Crippen LogP contribution in [0.15, 0.2) is 60.2 Å². The molecule has 0 bridgehead atoms. The van der Waals surface area contributed by atoms with Gasteiger partial charge in [-0.15, -0.1) is 0 Å². The minimum absolute atomic E-state index is 1.10. The predicted molar refractivity (Wildman–Crippen MR) is 143 cm³/mol. The van der Waals surface area contributed by atoms with Crippen molar-refractivity contribution in [1.29, 1.82) is 0 Å². The molecule has 0 saturated heterocycles. The summed E-state index contributed by atoms with van der Waals surface area (Å²) >= 11 is 0. The molecule has 170 valence electrons. The molecule has 0 aliphatic heterocycles. The lowest BCUT2D eigenvalue weighted by molar-refractivity contribution is 0.755. The quantitative estimate of drug-likeness (QED) is 0.332. The number of unbranched alkanes of at least 4 members (excludes halogenated alkanes) is 1. The first-order valence-corrected chi connectivity index (χ1v) is 12.7. The number of hydrogen-bond donors (Lipinski definition) is 0. The Bertz CT molecular complexity index is 995. The molecule has 1 aliphatic rings. The third-order valence-electron chi connectivity index (χ3n) is 6.83. The van der Waals surface area contributed by atoms with E-state index in [-0.39, 0.29) is 0 Å². The maximum atomic E-state index is 4.34. The predicted octanol–water partition coefficient (Wildman–Crippen LogP) is 9.72. The van der Waals surface area contributed by atoms with Crippen molar-refractivity contribution in [3.8, 4) is 0 Å². The van der Waals surface area contributed by atoms with E-state index in [0.717, 1.165) is 32.1 Å². The molecule has 2 aromatic rings. The van der Waals surface area contributed by atoms with Gasteiger partial charge in [0.1, 0.15) is 0 Å². The molecule has 0 aromatic heterocycles. The van der Waals surface area contributed by atoms with Gasteiger partial charge in [0, 0.05) is 0 Å². The van der Waals surface area contributed by atoms with Gasteiger partial charge in [-0.3, -0.25) is 0 Å². The second-order valence-corrected chi connectivity index (χ2v) is 9.70. The van der Waals surface area contributed by atoms with E-state index in [0.29, 0.717) is 0 Å². The number of aryl methyl sites for hydroxylation is 3. The van der Waals surface area contributed by atoms with Crippen molar-refractivity contribution >= 4 is 11.1 Å². The zero-order chi connectivity index (χ0) is 23.1. The fourth-order valence-corrected chi connectivity index (χ4v) is 5.10. The molecular formula is C32H42. The summed E-state index contributed by atoms with van der Waals surface area (Å²) in [5, 5.41) is 0. The highest BCUT2D eigenvalue weighted by atomic mass is 14.3. The van der Waals surface area contributed by atoms with E-state index in [1.807, 2.05) is 0 Å². The molecule has 0 N–H and O–H groups in total. The Kier molecular flexibility index (Phi) is 8.74. The molecule has 0 unspecified atom stereocenters. The Balaban J connectivity index is 2.08. The highest BCUT2D eigenvalue weighted by Gasteiger charge is 2.24. The number of allylic oxidation sites excluding steroid dienone is 5. The Morgan fingerprint density at radius 1 is 0.875 bits per heavy atom. The molecule has 0 atom stereocenters. The van der Waals surface area contributed by atoms with E-state index in [1.54, 1.807) is 5.56 Å². The van der Waals surface area contributed by atoms with Gasteiger partial charge in [-0.1, -0.05) is 92.4 Å². The second kappa shape index (κ2) is 11.5. The Morgan fingerprint density at radius 2 is 1.62 bits per heavy atom. The molecule has 2 aromatic carbocycles. The van der Waals surface area contributed by atoms with E-state index < -0.39 is 0 Å². The zero-order valence-corrected chi connectivity index (χ0v) is 21.1. The van der Waals surface area contributed by atoms with Gasteiger partial charge in [0.05, 0.1) is 0 Å². The van der Waals surface area contributed by atoms with Crippen LogP contribution >= 0.6 is 0 Å². The van der Waals surface area contributed by atoms with Gasteiger partial charge in [0.2, 0.25) is 0 Å². The Hall–Kier alpha value is -2.34. The van der Waals surface area contributed by atoms with E-state index in [9.17, 15) is 0 Å². The van der Waals surface area contributed by atoms with Crippen molar-refractivity contribution in [2.24, 2.45) is 0 Å². The summed E-state index contributed by atoms with van der Waals surface area (Å²) in [5.74, 6) is 0. The highest BCUT2D eigenvalue weighted by Crippen LogP contribution is 2.43. The lowest BCUT2D eigenvalue weighted by Crippen LogP contribution is -2.09. The van der Waals surface area contributed by atoms with Crippen molar-refractivity contribution in [3.05, 3.63) is 93.6 Å². The van der Waals surface area contributed by atoms with E-state index in [1.165, 1.54) is 75.8 Å². The van der Waals surface area contributed by atoms with Crippen molar-refractivity contribution in [3.63, 3.8) is 0 Å². The van der Waals surface area contributed by atoms with Crippen molar-refractivity contribution in [1.82, 2.24) is 0 Å². The first-order chi connectivity index (χ1) is 15.4. The van der Waals surface area contributed by atoms with Crippen molar-refractivity contribution in [2.75, 3.05) is 0 Å². The average Bonchev–Trinajstić information content (AvgIpc) is 2.77. The minimum atomic E-state index is 1.10. The molecular weight excluding hydrogens is 384 g/mol. The van der Waals surface area contributed by atoms with E-state index in [2.05, 4.69) is 83.7 Å². The Labute approximate surface area is 197 Å². The van der Waals surface area contributed by atoms with Crippen molar-refractivity contribution < 1.29 is 0 Å². The van der Waals surface area contributed by atoms with Crippen LogP contribution in [0.25, 0.3) is 11.1 Å². The molecule has 0 fully saturated rings. The van der Waals surface area contributed by atoms with Crippen LogP contribution in [-0.2, 0) is 6.42 Å². The summed E-state index contributed by atoms with van der Waals surface area (Å²) in [6.07, 6.45) is 13.0. The van der Waals surface area contributed by atoms with Crippen LogP contribution in [0.3, 0.4) is 0 Å². The molecule has 0 radical (unpaired) electrons. The van der Waals surface area contributed by atoms with Crippen molar-refractivity contribution in [2.45, 2.75) is 92.4 Å². The third kappa shape index (κ3) is 5.91. The highest BCUT2D eigenvalue weighted by molar-refractivity contribution is 6.00. The lowest BCUT2D eigenvalue weighted by atomic mass is 9.76. The zero-order valence-electron chi connectivity index (χ0n) is 21.1. The molecule has 0 spiro atoms. The maximum Gasteiger partial charge on any atom is -0.0114 e. The minimum Gasteiger partial charge on any atom is -0.0999 e. The lowest BCUT2D eigenvalue weighted by Gasteiger charge is -2.28. The number of benzene rings is 2. The third-order valence-corrected chi connectivity index (χ3v) is 6.83. The van der Waals surface area contributed by atoms with Crippen LogP contribution in [0.5, 0.6) is 0 Å². The topological polar surface area (TPSA) is 0 Å². The first-order valence-electron chi connectivity index (χ1n) is 12.7. The number of rotatable bonds is 10. The molecule has 0 heteroatoms. The SMILES string of the molecule is C=C(CC/C=C(\CCC)C1=C(c2ccc(C)cc2)CCc2c(C)cc(C)cc21)CCCC. The molecule has 0 nitrogen and oxygen atoms in total. The fraction of sp³-hybridized carbons (Fsp3) is 0.438. The monoisotopic (exact) mass is 426 g/mol. The summed E-state index contributed by atoms with van der Waals surface area (Å²) in [4.78, 5) is 0. The molecule has 0 saturated carbocycles. The fourth-order valence-electron chi connectivity index (χ4n) is 5.10.